The average Bonchev–Trinajstić information content (AvgIpc) is 3.13. The lowest BCUT2D eigenvalue weighted by atomic mass is 9.94. The van der Waals surface area contributed by atoms with Gasteiger partial charge in [-0.2, -0.15) is 0 Å². The zero-order valence-electron chi connectivity index (χ0n) is 17.6. The minimum absolute atomic E-state index is 0.00756. The van der Waals surface area contributed by atoms with Crippen LogP contribution >= 0.6 is 0 Å². The Morgan fingerprint density at radius 1 is 1.47 bits per heavy atom. The molecule has 0 aliphatic carbocycles. The SMILES string of the molecule is CC(c1cn(Cc2ccc(F)cc2)c2cnc(O)cc12)C1CNCCO1.NC(=O)NC=O. The van der Waals surface area contributed by atoms with Crippen molar-refractivity contribution in [3.63, 3.8) is 0 Å². The van der Waals surface area contributed by atoms with E-state index in [9.17, 15) is 19.1 Å². The molecule has 1 aliphatic heterocycles. The highest BCUT2D eigenvalue weighted by Crippen LogP contribution is 2.32. The van der Waals surface area contributed by atoms with Crippen molar-refractivity contribution in [3.05, 3.63) is 59.7 Å². The second kappa shape index (κ2) is 10.7. The Morgan fingerprint density at radius 2 is 2.22 bits per heavy atom. The number of amides is 3. The number of nitrogens with zero attached hydrogens (tertiary/aromatic N) is 2. The predicted octanol–water partition coefficient (Wildman–Crippen LogP) is 1.83. The third-order valence-electron chi connectivity index (χ3n) is 5.26. The molecule has 0 spiro atoms. The van der Waals surface area contributed by atoms with E-state index in [1.165, 1.54) is 12.1 Å². The van der Waals surface area contributed by atoms with Crippen LogP contribution in [-0.2, 0) is 16.1 Å². The number of hydrogen-bond acceptors (Lipinski definition) is 6. The molecule has 1 aliphatic rings. The van der Waals surface area contributed by atoms with Crippen LogP contribution in [-0.4, -0.2) is 52.9 Å². The number of morpholine rings is 1. The van der Waals surface area contributed by atoms with Crippen molar-refractivity contribution in [2.45, 2.75) is 25.5 Å². The number of benzene rings is 1. The molecule has 10 heteroatoms. The number of carbonyl (C=O) groups excluding carboxylic acids is 2. The molecule has 0 radical (unpaired) electrons. The number of aromatic hydroxyl groups is 1. The van der Waals surface area contributed by atoms with E-state index in [-0.39, 0.29) is 30.1 Å². The fourth-order valence-electron chi connectivity index (χ4n) is 3.65. The molecule has 9 nitrogen and oxygen atoms in total. The number of urea groups is 1. The smallest absolute Gasteiger partial charge is 0.318 e. The average molecular weight is 443 g/mol. The summed E-state index contributed by atoms with van der Waals surface area (Å²) in [5.74, 6) is -0.0660. The number of rotatable bonds is 5. The second-order valence-electron chi connectivity index (χ2n) is 7.43. The number of primary amides is 1. The van der Waals surface area contributed by atoms with Crippen LogP contribution in [0.2, 0.25) is 0 Å². The van der Waals surface area contributed by atoms with Crippen LogP contribution in [0.25, 0.3) is 10.9 Å². The summed E-state index contributed by atoms with van der Waals surface area (Å²) in [6.45, 7) is 5.14. The summed E-state index contributed by atoms with van der Waals surface area (Å²) >= 11 is 0. The molecule has 2 unspecified atom stereocenters. The standard InChI is InChI=1S/C20H22FN3O2.C2H4N2O2/c1-13(19-10-22-6-7-26-19)17-12-24(11-14-2-4-15(21)5-3-14)18-9-23-20(25)8-16(17)18;3-2(6)4-1-5/h2-5,8-9,12-13,19,22H,6-7,10-11H2,1H3,(H,23,25);1H,(H3,3,4,5,6). The van der Waals surface area contributed by atoms with Crippen molar-refractivity contribution in [3.8, 4) is 5.88 Å². The van der Waals surface area contributed by atoms with Crippen molar-refractivity contribution >= 4 is 23.3 Å². The van der Waals surface area contributed by atoms with Gasteiger partial charge in [-0.1, -0.05) is 19.1 Å². The van der Waals surface area contributed by atoms with Crippen LogP contribution in [0.4, 0.5) is 9.18 Å². The molecule has 2 aromatic heterocycles. The number of nitrogens with two attached hydrogens (primary N) is 1. The summed E-state index contributed by atoms with van der Waals surface area (Å²) in [5.41, 5.74) is 7.49. The minimum Gasteiger partial charge on any atom is -0.493 e. The van der Waals surface area contributed by atoms with Gasteiger partial charge in [0.1, 0.15) is 5.82 Å². The summed E-state index contributed by atoms with van der Waals surface area (Å²) in [7, 11) is 0. The van der Waals surface area contributed by atoms with Gasteiger partial charge in [-0.05, 0) is 23.3 Å². The second-order valence-corrected chi connectivity index (χ2v) is 7.43. The molecule has 0 saturated carbocycles. The van der Waals surface area contributed by atoms with Crippen molar-refractivity contribution in [2.24, 2.45) is 5.73 Å². The number of imide groups is 1. The maximum Gasteiger partial charge on any atom is 0.318 e. The first-order valence-corrected chi connectivity index (χ1v) is 10.1. The van der Waals surface area contributed by atoms with Gasteiger partial charge in [0.25, 0.3) is 0 Å². The molecule has 3 aromatic rings. The maximum atomic E-state index is 13.2. The summed E-state index contributed by atoms with van der Waals surface area (Å²) < 4.78 is 21.2. The number of nitrogens with one attached hydrogen (secondary N) is 2. The topological polar surface area (TPSA) is 132 Å². The Hall–Kier alpha value is -3.50. The highest BCUT2D eigenvalue weighted by Gasteiger charge is 2.25. The van der Waals surface area contributed by atoms with Crippen molar-refractivity contribution < 1.29 is 23.8 Å². The first-order valence-electron chi connectivity index (χ1n) is 10.1. The highest BCUT2D eigenvalue weighted by atomic mass is 19.1. The Labute approximate surface area is 184 Å². The number of halogens is 1. The van der Waals surface area contributed by atoms with Crippen molar-refractivity contribution in [1.82, 2.24) is 20.2 Å². The van der Waals surface area contributed by atoms with Crippen LogP contribution < -0.4 is 16.4 Å². The first-order chi connectivity index (χ1) is 15.4. The van der Waals surface area contributed by atoms with E-state index in [2.05, 4.69) is 33.7 Å². The zero-order chi connectivity index (χ0) is 23.1. The number of carbonyl (C=O) groups is 2. The molecule has 0 bridgehead atoms. The third kappa shape index (κ3) is 5.80. The molecule has 1 aromatic carbocycles. The Bertz CT molecular complexity index is 1060. The molecule has 170 valence electrons. The molecule has 32 heavy (non-hydrogen) atoms. The number of hydrogen-bond donors (Lipinski definition) is 4. The number of ether oxygens (including phenoxy) is 1. The normalized spacial score (nSPS) is 16.6. The maximum absolute atomic E-state index is 13.2. The Kier molecular flexibility index (Phi) is 7.74. The van der Waals surface area contributed by atoms with Crippen LogP contribution in [0.15, 0.2) is 42.7 Å². The van der Waals surface area contributed by atoms with E-state index in [0.29, 0.717) is 13.2 Å². The molecular formula is C22H26FN5O4. The quantitative estimate of drug-likeness (QED) is 0.445. The summed E-state index contributed by atoms with van der Waals surface area (Å²) in [5, 5.41) is 15.9. The fourth-order valence-corrected chi connectivity index (χ4v) is 3.65. The van der Waals surface area contributed by atoms with E-state index in [1.54, 1.807) is 29.7 Å². The lowest BCUT2D eigenvalue weighted by Gasteiger charge is -2.28. The predicted molar refractivity (Wildman–Crippen MR) is 117 cm³/mol. The minimum atomic E-state index is -0.829. The fraction of sp³-hybridized carbons (Fsp3) is 0.318. The lowest BCUT2D eigenvalue weighted by Crippen LogP contribution is -2.41. The van der Waals surface area contributed by atoms with E-state index in [0.717, 1.165) is 35.1 Å². The molecule has 5 N–H and O–H groups in total. The van der Waals surface area contributed by atoms with E-state index >= 15 is 0 Å². The van der Waals surface area contributed by atoms with Crippen molar-refractivity contribution in [1.29, 1.82) is 0 Å². The van der Waals surface area contributed by atoms with Crippen LogP contribution in [0.3, 0.4) is 0 Å². The lowest BCUT2D eigenvalue weighted by molar-refractivity contribution is -0.108. The highest BCUT2D eigenvalue weighted by molar-refractivity contribution is 5.85. The molecule has 4 rings (SSSR count). The molecular weight excluding hydrogens is 417 g/mol. The third-order valence-corrected chi connectivity index (χ3v) is 5.26. The van der Waals surface area contributed by atoms with Gasteiger partial charge in [-0.25, -0.2) is 14.2 Å². The van der Waals surface area contributed by atoms with Gasteiger partial charge < -0.3 is 25.5 Å². The largest absolute Gasteiger partial charge is 0.493 e. The molecule has 1 saturated heterocycles. The monoisotopic (exact) mass is 443 g/mol. The number of fused-ring (bicyclic) bond motifs is 1. The molecule has 3 amide bonds. The van der Waals surface area contributed by atoms with Crippen LogP contribution in [0, 0.1) is 5.82 Å². The van der Waals surface area contributed by atoms with Crippen LogP contribution in [0.5, 0.6) is 5.88 Å². The van der Waals surface area contributed by atoms with Gasteiger partial charge >= 0.3 is 6.03 Å². The van der Waals surface area contributed by atoms with E-state index in [4.69, 9.17) is 4.74 Å². The van der Waals surface area contributed by atoms with E-state index in [1.807, 2.05) is 0 Å². The summed E-state index contributed by atoms with van der Waals surface area (Å²) in [4.78, 5) is 22.7. The summed E-state index contributed by atoms with van der Waals surface area (Å²) in [6.07, 6.45) is 4.09. The first kappa shape index (κ1) is 23.2. The molecule has 3 heterocycles. The van der Waals surface area contributed by atoms with Gasteiger partial charge in [0.15, 0.2) is 0 Å². The van der Waals surface area contributed by atoms with Gasteiger partial charge in [-0.15, -0.1) is 0 Å². The van der Waals surface area contributed by atoms with Gasteiger partial charge in [0.05, 0.1) is 24.4 Å². The molecule has 2 atom stereocenters. The molecule has 1 fully saturated rings. The van der Waals surface area contributed by atoms with Gasteiger partial charge in [-0.3, -0.25) is 10.1 Å². The van der Waals surface area contributed by atoms with Gasteiger partial charge in [0.2, 0.25) is 12.3 Å². The van der Waals surface area contributed by atoms with Gasteiger partial charge in [0, 0.05) is 43.2 Å². The number of aromatic nitrogens is 2. The van der Waals surface area contributed by atoms with Crippen LogP contribution in [0.1, 0.15) is 24.0 Å². The zero-order valence-corrected chi connectivity index (χ0v) is 17.6. The summed E-state index contributed by atoms with van der Waals surface area (Å²) in [6, 6.07) is 7.38. The Balaban J connectivity index is 0.000000427. The Morgan fingerprint density at radius 3 is 2.81 bits per heavy atom. The van der Waals surface area contributed by atoms with E-state index < -0.39 is 6.03 Å². The van der Waals surface area contributed by atoms with Crippen molar-refractivity contribution in [2.75, 3.05) is 19.7 Å². The number of pyridine rings is 1.